The molecule has 128 valence electrons. The molecule has 0 atom stereocenters. The number of ether oxygens (including phenoxy) is 1. The van der Waals surface area contributed by atoms with Gasteiger partial charge in [0.05, 0.1) is 12.7 Å². The van der Waals surface area contributed by atoms with E-state index in [-0.39, 0.29) is 18.2 Å². The zero-order valence-electron chi connectivity index (χ0n) is 13.9. The average molecular weight is 337 g/mol. The first kappa shape index (κ1) is 15.7. The Morgan fingerprint density at radius 3 is 2.60 bits per heavy atom. The van der Waals surface area contributed by atoms with Crippen molar-refractivity contribution in [3.05, 3.63) is 65.4 Å². The van der Waals surface area contributed by atoms with Gasteiger partial charge in [-0.1, -0.05) is 36.4 Å². The molecule has 25 heavy (non-hydrogen) atoms. The van der Waals surface area contributed by atoms with Gasteiger partial charge in [-0.15, -0.1) is 0 Å². The zero-order valence-corrected chi connectivity index (χ0v) is 13.9. The van der Waals surface area contributed by atoms with Crippen molar-refractivity contribution in [2.24, 2.45) is 0 Å². The summed E-state index contributed by atoms with van der Waals surface area (Å²) < 4.78 is 10.9. The van der Waals surface area contributed by atoms with Gasteiger partial charge in [0, 0.05) is 24.8 Å². The summed E-state index contributed by atoms with van der Waals surface area (Å²) in [5.41, 5.74) is 1.85. The first-order chi connectivity index (χ1) is 12.1. The normalized spacial score (nSPS) is 15.1. The highest BCUT2D eigenvalue weighted by Crippen LogP contribution is 2.30. The first-order valence-corrected chi connectivity index (χ1v) is 8.22. The molecule has 0 bridgehead atoms. The summed E-state index contributed by atoms with van der Waals surface area (Å²) in [4.78, 5) is 12.4. The lowest BCUT2D eigenvalue weighted by Crippen LogP contribution is -2.43. The molecule has 1 aromatic heterocycles. The Balaban J connectivity index is 1.48. The minimum atomic E-state index is -0.955. The second-order valence-electron chi connectivity index (χ2n) is 6.52. The van der Waals surface area contributed by atoms with Crippen LogP contribution in [0.25, 0.3) is 11.0 Å². The molecule has 2 N–H and O–H groups in total. The highest BCUT2D eigenvalue weighted by molar-refractivity contribution is 5.97. The van der Waals surface area contributed by atoms with Crippen LogP contribution < -0.4 is 10.1 Å². The lowest BCUT2D eigenvalue weighted by molar-refractivity contribution is 0.0474. The lowest BCUT2D eigenvalue weighted by Gasteiger charge is -2.22. The lowest BCUT2D eigenvalue weighted by atomic mass is 10.0. The summed E-state index contributed by atoms with van der Waals surface area (Å²) in [6.07, 6.45) is 1.08. The third-order valence-electron chi connectivity index (χ3n) is 4.69. The van der Waals surface area contributed by atoms with Gasteiger partial charge >= 0.3 is 0 Å². The predicted octanol–water partition coefficient (Wildman–Crippen LogP) is 2.70. The maximum atomic E-state index is 12.4. The number of carbonyl (C=O) groups is 1. The number of furan rings is 1. The molecule has 1 amide bonds. The summed E-state index contributed by atoms with van der Waals surface area (Å²) in [5.74, 6) is 0.447. The van der Waals surface area contributed by atoms with E-state index in [0.29, 0.717) is 24.2 Å². The van der Waals surface area contributed by atoms with Crippen molar-refractivity contribution in [2.45, 2.75) is 18.4 Å². The summed E-state index contributed by atoms with van der Waals surface area (Å²) >= 11 is 0. The number of hydrogen-bond acceptors (Lipinski definition) is 4. The van der Waals surface area contributed by atoms with Gasteiger partial charge in [0.2, 0.25) is 0 Å². The molecule has 1 heterocycles. The Morgan fingerprint density at radius 1 is 1.20 bits per heavy atom. The fraction of sp³-hybridized carbons (Fsp3) is 0.250. The van der Waals surface area contributed by atoms with Crippen LogP contribution in [0.4, 0.5) is 0 Å². The van der Waals surface area contributed by atoms with Crippen molar-refractivity contribution in [1.82, 2.24) is 5.32 Å². The monoisotopic (exact) mass is 337 g/mol. The molecular formula is C20H19NO4. The van der Waals surface area contributed by atoms with Crippen molar-refractivity contribution in [3.63, 3.8) is 0 Å². The number of benzene rings is 2. The zero-order chi connectivity index (χ0) is 17.4. The molecule has 2 aromatic carbocycles. The molecule has 1 aliphatic carbocycles. The van der Waals surface area contributed by atoms with Crippen LogP contribution in [0.5, 0.6) is 5.75 Å². The van der Waals surface area contributed by atoms with Crippen LogP contribution in [0.2, 0.25) is 0 Å². The van der Waals surface area contributed by atoms with E-state index in [1.165, 1.54) is 0 Å². The third-order valence-corrected chi connectivity index (χ3v) is 4.69. The maximum absolute atomic E-state index is 12.4. The Morgan fingerprint density at radius 2 is 1.92 bits per heavy atom. The molecular weight excluding hydrogens is 318 g/mol. The van der Waals surface area contributed by atoms with Gasteiger partial charge in [-0.05, 0) is 23.3 Å². The number of nitrogens with one attached hydrogen (secondary N) is 1. The van der Waals surface area contributed by atoms with Crippen molar-refractivity contribution in [3.8, 4) is 5.75 Å². The van der Waals surface area contributed by atoms with E-state index in [4.69, 9.17) is 9.15 Å². The molecule has 0 saturated heterocycles. The maximum Gasteiger partial charge on any atom is 0.287 e. The Bertz CT molecular complexity index is 919. The summed E-state index contributed by atoms with van der Waals surface area (Å²) in [6, 6.07) is 15.1. The molecule has 1 aliphatic rings. The van der Waals surface area contributed by atoms with Crippen LogP contribution >= 0.6 is 0 Å². The fourth-order valence-corrected chi connectivity index (χ4v) is 3.44. The van der Waals surface area contributed by atoms with Gasteiger partial charge in [-0.3, -0.25) is 4.79 Å². The molecule has 0 aliphatic heterocycles. The SMILES string of the molecule is COc1cccc2cc(C(=O)NCC3(O)Cc4ccccc4C3)oc12. The molecule has 0 fully saturated rings. The Labute approximate surface area is 145 Å². The minimum Gasteiger partial charge on any atom is -0.493 e. The van der Waals surface area contributed by atoms with Gasteiger partial charge in [0.15, 0.2) is 17.1 Å². The van der Waals surface area contributed by atoms with E-state index < -0.39 is 5.60 Å². The average Bonchev–Trinajstić information content (AvgIpc) is 3.19. The number of fused-ring (bicyclic) bond motifs is 2. The number of carbonyl (C=O) groups excluding carboxylic acids is 1. The first-order valence-electron chi connectivity index (χ1n) is 8.22. The van der Waals surface area contributed by atoms with E-state index in [1.54, 1.807) is 19.2 Å². The molecule has 0 spiro atoms. The molecule has 0 saturated carbocycles. The van der Waals surface area contributed by atoms with Crippen molar-refractivity contribution in [2.75, 3.05) is 13.7 Å². The van der Waals surface area contributed by atoms with Gasteiger partial charge in [0.25, 0.3) is 5.91 Å². The summed E-state index contributed by atoms with van der Waals surface area (Å²) in [6.45, 7) is 0.175. The molecule has 0 unspecified atom stereocenters. The number of rotatable bonds is 4. The van der Waals surface area contributed by atoms with Gasteiger partial charge < -0.3 is 19.6 Å². The second kappa shape index (κ2) is 5.93. The van der Waals surface area contributed by atoms with Crippen LogP contribution in [0.3, 0.4) is 0 Å². The van der Waals surface area contributed by atoms with Crippen LogP contribution in [-0.4, -0.2) is 30.3 Å². The van der Waals surface area contributed by atoms with E-state index in [9.17, 15) is 9.90 Å². The highest BCUT2D eigenvalue weighted by Gasteiger charge is 2.35. The van der Waals surface area contributed by atoms with Crippen LogP contribution in [0.1, 0.15) is 21.7 Å². The smallest absolute Gasteiger partial charge is 0.287 e. The number of hydrogen-bond donors (Lipinski definition) is 2. The van der Waals surface area contributed by atoms with E-state index >= 15 is 0 Å². The molecule has 5 nitrogen and oxygen atoms in total. The van der Waals surface area contributed by atoms with E-state index in [0.717, 1.165) is 16.5 Å². The minimum absolute atomic E-state index is 0.175. The van der Waals surface area contributed by atoms with Crippen LogP contribution in [0.15, 0.2) is 52.9 Å². The fourth-order valence-electron chi connectivity index (χ4n) is 3.44. The van der Waals surface area contributed by atoms with Crippen molar-refractivity contribution < 1.29 is 19.1 Å². The third kappa shape index (κ3) is 2.87. The quantitative estimate of drug-likeness (QED) is 0.768. The van der Waals surface area contributed by atoms with Crippen molar-refractivity contribution >= 4 is 16.9 Å². The Hall–Kier alpha value is -2.79. The van der Waals surface area contributed by atoms with Gasteiger partial charge in [-0.25, -0.2) is 0 Å². The predicted molar refractivity (Wildman–Crippen MR) is 93.9 cm³/mol. The molecule has 0 radical (unpaired) electrons. The molecule has 3 aromatic rings. The standard InChI is InChI=1S/C20H19NO4/c1-24-16-8-4-7-13-9-17(25-18(13)16)19(22)21-12-20(23)10-14-5-2-3-6-15(14)11-20/h2-9,23H,10-12H2,1H3,(H,21,22). The Kier molecular flexibility index (Phi) is 3.73. The van der Waals surface area contributed by atoms with Crippen LogP contribution in [-0.2, 0) is 12.8 Å². The van der Waals surface area contributed by atoms with E-state index in [2.05, 4.69) is 5.32 Å². The van der Waals surface area contributed by atoms with Gasteiger partial charge in [-0.2, -0.15) is 0 Å². The van der Waals surface area contributed by atoms with Gasteiger partial charge in [0.1, 0.15) is 0 Å². The summed E-state index contributed by atoms with van der Waals surface area (Å²) in [5, 5.41) is 14.4. The number of methoxy groups -OCH3 is 1. The van der Waals surface area contributed by atoms with E-state index in [1.807, 2.05) is 36.4 Å². The summed E-state index contributed by atoms with van der Waals surface area (Å²) in [7, 11) is 1.56. The highest BCUT2D eigenvalue weighted by atomic mass is 16.5. The number of amides is 1. The molecule has 5 heteroatoms. The number of aliphatic hydroxyl groups is 1. The van der Waals surface area contributed by atoms with Crippen molar-refractivity contribution in [1.29, 1.82) is 0 Å². The topological polar surface area (TPSA) is 71.7 Å². The largest absolute Gasteiger partial charge is 0.493 e. The second-order valence-corrected chi connectivity index (χ2v) is 6.52. The van der Waals surface area contributed by atoms with Crippen LogP contribution in [0, 0.1) is 0 Å². The number of para-hydroxylation sites is 1. The molecule has 4 rings (SSSR count).